The molecule has 0 bridgehead atoms. The van der Waals surface area contributed by atoms with Crippen molar-refractivity contribution in [2.45, 2.75) is 30.0 Å². The van der Waals surface area contributed by atoms with Crippen LogP contribution in [0.4, 0.5) is 5.82 Å². The molecule has 0 unspecified atom stereocenters. The Kier molecular flexibility index (Phi) is 5.10. The van der Waals surface area contributed by atoms with Crippen molar-refractivity contribution < 1.29 is 20.1 Å². The summed E-state index contributed by atoms with van der Waals surface area (Å²) in [6.07, 6.45) is -0.989. The van der Waals surface area contributed by atoms with Gasteiger partial charge in [0, 0.05) is 0 Å². The second kappa shape index (κ2) is 7.95. The highest BCUT2D eigenvalue weighted by molar-refractivity contribution is 5.81. The van der Waals surface area contributed by atoms with Gasteiger partial charge in [-0.15, -0.1) is 0 Å². The number of nitrogens with zero attached hydrogens (tertiary/aromatic N) is 4. The molecule has 0 radical (unpaired) electrons. The number of nitrogens with two attached hydrogens (primary N) is 1. The van der Waals surface area contributed by atoms with Gasteiger partial charge in [0.15, 0.2) is 17.2 Å². The van der Waals surface area contributed by atoms with E-state index in [1.807, 2.05) is 60.7 Å². The topological polar surface area (TPSA) is 140 Å². The minimum Gasteiger partial charge on any atom is -0.394 e. The molecule has 3 heterocycles. The molecule has 1 aliphatic rings. The number of hydrogen-bond acceptors (Lipinski definition) is 8. The van der Waals surface area contributed by atoms with Crippen molar-refractivity contribution in [3.8, 4) is 0 Å². The number of fused-ring (bicyclic) bond motifs is 1. The minimum atomic E-state index is -1.58. The number of anilines is 1. The third kappa shape index (κ3) is 2.98. The van der Waals surface area contributed by atoms with Crippen molar-refractivity contribution in [1.82, 2.24) is 19.5 Å². The second-order valence-electron chi connectivity index (χ2n) is 7.83. The average Bonchev–Trinajstić information content (AvgIpc) is 3.37. The summed E-state index contributed by atoms with van der Waals surface area (Å²) in [5.74, 6) is -0.397. The molecule has 4 aromatic rings. The quantitative estimate of drug-likeness (QED) is 0.366. The number of rotatable bonds is 5. The Morgan fingerprint density at radius 2 is 1.59 bits per heavy atom. The van der Waals surface area contributed by atoms with Crippen LogP contribution in [-0.4, -0.2) is 59.8 Å². The van der Waals surface area contributed by atoms with Crippen LogP contribution in [-0.2, 0) is 10.5 Å². The van der Waals surface area contributed by atoms with E-state index in [9.17, 15) is 15.3 Å². The van der Waals surface area contributed by atoms with E-state index >= 15 is 0 Å². The highest BCUT2D eigenvalue weighted by atomic mass is 16.6. The lowest BCUT2D eigenvalue weighted by Crippen LogP contribution is -2.50. The van der Waals surface area contributed by atoms with E-state index in [1.54, 1.807) is 4.57 Å². The second-order valence-corrected chi connectivity index (χ2v) is 7.83. The van der Waals surface area contributed by atoms with Gasteiger partial charge in [-0.05, 0) is 11.1 Å². The summed E-state index contributed by atoms with van der Waals surface area (Å²) in [4.78, 5) is 12.7. The van der Waals surface area contributed by atoms with E-state index in [1.165, 1.54) is 12.7 Å². The van der Waals surface area contributed by atoms with E-state index in [0.29, 0.717) is 11.2 Å². The molecule has 5 rings (SSSR count). The fourth-order valence-corrected chi connectivity index (χ4v) is 4.62. The van der Waals surface area contributed by atoms with Crippen LogP contribution in [0, 0.1) is 0 Å². The number of aliphatic hydroxyl groups is 3. The van der Waals surface area contributed by atoms with Crippen molar-refractivity contribution in [2.24, 2.45) is 0 Å². The van der Waals surface area contributed by atoms with Crippen LogP contribution in [0.2, 0.25) is 0 Å². The predicted molar refractivity (Wildman–Crippen MR) is 116 cm³/mol. The van der Waals surface area contributed by atoms with Crippen molar-refractivity contribution in [3.63, 3.8) is 0 Å². The molecule has 1 aliphatic heterocycles. The maximum Gasteiger partial charge on any atom is 0.187 e. The van der Waals surface area contributed by atoms with Crippen molar-refractivity contribution in [2.75, 3.05) is 12.3 Å². The number of imidazole rings is 1. The largest absolute Gasteiger partial charge is 0.394 e. The lowest BCUT2D eigenvalue weighted by atomic mass is 9.79. The van der Waals surface area contributed by atoms with Crippen molar-refractivity contribution in [1.29, 1.82) is 0 Å². The first-order chi connectivity index (χ1) is 15.6. The maximum atomic E-state index is 11.5. The van der Waals surface area contributed by atoms with Crippen molar-refractivity contribution >= 4 is 17.0 Å². The first-order valence-electron chi connectivity index (χ1n) is 10.3. The zero-order valence-electron chi connectivity index (χ0n) is 17.1. The molecular weight excluding hydrogens is 410 g/mol. The van der Waals surface area contributed by atoms with Crippen LogP contribution in [0.15, 0.2) is 73.3 Å². The molecule has 0 aliphatic carbocycles. The normalized spacial score (nSPS) is 25.6. The first-order valence-corrected chi connectivity index (χ1v) is 10.3. The van der Waals surface area contributed by atoms with Crippen LogP contribution in [0.5, 0.6) is 0 Å². The SMILES string of the molecule is Nc1ncnc2c1ncn2[C@]1(C(c2ccccc2)c2ccccc2)O[C@H](CO)[C@@H](O)[C@H]1O. The van der Waals surface area contributed by atoms with Gasteiger partial charge in [0.25, 0.3) is 0 Å². The summed E-state index contributed by atoms with van der Waals surface area (Å²) >= 11 is 0. The van der Waals surface area contributed by atoms with E-state index in [0.717, 1.165) is 11.1 Å². The standard InChI is InChI=1S/C23H23N5O4/c24-21-18-22(26-12-25-21)28(13-27-18)23(20(31)19(30)16(11-29)32-23)17(14-7-3-1-4-8-14)15-9-5-2-6-10-15/h1-10,12-13,16-17,19-20,29-31H,11H2,(H2,24,25,26)/t16-,19-,20-,23-/m1/s1. The Morgan fingerprint density at radius 1 is 0.969 bits per heavy atom. The molecule has 5 N–H and O–H groups in total. The van der Waals surface area contributed by atoms with Crippen LogP contribution in [0.3, 0.4) is 0 Å². The Morgan fingerprint density at radius 3 is 2.16 bits per heavy atom. The lowest BCUT2D eigenvalue weighted by Gasteiger charge is -2.41. The summed E-state index contributed by atoms with van der Waals surface area (Å²) in [5, 5.41) is 32.2. The van der Waals surface area contributed by atoms with Crippen LogP contribution < -0.4 is 5.73 Å². The molecule has 1 fully saturated rings. The van der Waals surface area contributed by atoms with Crippen LogP contribution in [0.1, 0.15) is 17.0 Å². The van der Waals surface area contributed by atoms with Gasteiger partial charge >= 0.3 is 0 Å². The summed E-state index contributed by atoms with van der Waals surface area (Å²) in [5.41, 5.74) is 6.81. The predicted octanol–water partition coefficient (Wildman–Crippen LogP) is 1.01. The maximum absolute atomic E-state index is 11.5. The Bertz CT molecular complexity index is 1180. The van der Waals surface area contributed by atoms with E-state index < -0.39 is 36.6 Å². The van der Waals surface area contributed by atoms with Gasteiger partial charge in [-0.1, -0.05) is 60.7 Å². The fraction of sp³-hybridized carbons (Fsp3) is 0.261. The van der Waals surface area contributed by atoms with Gasteiger partial charge in [0.05, 0.1) is 18.9 Å². The minimum absolute atomic E-state index is 0.187. The zero-order valence-corrected chi connectivity index (χ0v) is 17.1. The number of aliphatic hydroxyl groups excluding tert-OH is 3. The fourth-order valence-electron chi connectivity index (χ4n) is 4.62. The number of hydrogen-bond donors (Lipinski definition) is 4. The average molecular weight is 433 g/mol. The molecule has 2 aromatic heterocycles. The van der Waals surface area contributed by atoms with E-state index in [-0.39, 0.29) is 5.82 Å². The Labute approximate surface area is 183 Å². The molecule has 164 valence electrons. The molecule has 9 heteroatoms. The molecule has 0 spiro atoms. The Hall–Kier alpha value is -3.37. The summed E-state index contributed by atoms with van der Waals surface area (Å²) in [6, 6.07) is 19.1. The summed E-state index contributed by atoms with van der Waals surface area (Å²) in [6.45, 7) is -0.472. The van der Waals surface area contributed by atoms with Crippen molar-refractivity contribution in [3.05, 3.63) is 84.4 Å². The van der Waals surface area contributed by atoms with Gasteiger partial charge in [-0.3, -0.25) is 4.57 Å². The third-order valence-corrected chi connectivity index (χ3v) is 6.07. The zero-order chi connectivity index (χ0) is 22.3. The highest BCUT2D eigenvalue weighted by Crippen LogP contribution is 2.50. The third-order valence-electron chi connectivity index (χ3n) is 6.07. The number of ether oxygens (including phenoxy) is 1. The van der Waals surface area contributed by atoms with Crippen LogP contribution in [0.25, 0.3) is 11.2 Å². The summed E-state index contributed by atoms with van der Waals surface area (Å²) in [7, 11) is 0. The van der Waals surface area contributed by atoms with E-state index in [2.05, 4.69) is 15.0 Å². The monoisotopic (exact) mass is 433 g/mol. The molecule has 1 saturated heterocycles. The molecule has 2 aromatic carbocycles. The number of nitrogen functional groups attached to an aromatic ring is 1. The van der Waals surface area contributed by atoms with Gasteiger partial charge < -0.3 is 25.8 Å². The van der Waals surface area contributed by atoms with Gasteiger partial charge in [0.2, 0.25) is 0 Å². The number of benzene rings is 2. The molecule has 32 heavy (non-hydrogen) atoms. The molecule has 0 saturated carbocycles. The lowest BCUT2D eigenvalue weighted by molar-refractivity contribution is -0.155. The number of aromatic nitrogens is 4. The summed E-state index contributed by atoms with van der Waals surface area (Å²) < 4.78 is 7.95. The molecular formula is C23H23N5O4. The molecule has 9 nitrogen and oxygen atoms in total. The van der Waals surface area contributed by atoms with Crippen LogP contribution >= 0.6 is 0 Å². The van der Waals surface area contributed by atoms with Gasteiger partial charge in [0.1, 0.15) is 30.2 Å². The smallest absolute Gasteiger partial charge is 0.187 e. The van der Waals surface area contributed by atoms with E-state index in [4.69, 9.17) is 10.5 Å². The molecule has 0 amide bonds. The Balaban J connectivity index is 1.84. The molecule has 4 atom stereocenters. The van der Waals surface area contributed by atoms with Gasteiger partial charge in [-0.25, -0.2) is 15.0 Å². The highest BCUT2D eigenvalue weighted by Gasteiger charge is 2.60. The first kappa shape index (κ1) is 20.5. The van der Waals surface area contributed by atoms with Gasteiger partial charge in [-0.2, -0.15) is 0 Å².